The average Bonchev–Trinajstić information content (AvgIpc) is 2.09. The molecule has 0 unspecified atom stereocenters. The Morgan fingerprint density at radius 1 is 1.33 bits per heavy atom. The van der Waals surface area contributed by atoms with Gasteiger partial charge in [-0.2, -0.15) is 0 Å². The van der Waals surface area contributed by atoms with Crippen molar-refractivity contribution in [1.29, 1.82) is 0 Å². The maximum absolute atomic E-state index is 4.92. The third-order valence-corrected chi connectivity index (χ3v) is 2.17. The summed E-state index contributed by atoms with van der Waals surface area (Å²) in [4.78, 5) is 1.04. The van der Waals surface area contributed by atoms with Crippen LogP contribution >= 0.6 is 12.0 Å². The largest absolute Gasteiger partial charge is 0.229 e. The topological polar surface area (TPSA) is 35.2 Å². The van der Waals surface area contributed by atoms with Crippen molar-refractivity contribution < 1.29 is 4.28 Å². The molecule has 0 aliphatic carbocycles. The van der Waals surface area contributed by atoms with Crippen molar-refractivity contribution in [2.45, 2.75) is 24.7 Å². The van der Waals surface area contributed by atoms with Crippen LogP contribution in [0.5, 0.6) is 0 Å². The van der Waals surface area contributed by atoms with Crippen LogP contribution in [-0.2, 0) is 10.7 Å². The van der Waals surface area contributed by atoms with E-state index < -0.39 is 0 Å². The molecule has 3 heteroatoms. The Kier molecular flexibility index (Phi) is 4.14. The number of aryl methyl sites for hydroxylation is 1. The molecule has 0 spiro atoms. The van der Waals surface area contributed by atoms with Crippen LogP contribution in [0.2, 0.25) is 0 Å². The van der Waals surface area contributed by atoms with Crippen molar-refractivity contribution in [1.82, 2.24) is 0 Å². The highest BCUT2D eigenvalue weighted by Crippen LogP contribution is 2.17. The summed E-state index contributed by atoms with van der Waals surface area (Å²) in [7, 11) is 0. The lowest BCUT2D eigenvalue weighted by molar-refractivity contribution is 0.398. The first-order chi connectivity index (χ1) is 5.86. The minimum absolute atomic E-state index is 1.04. The summed E-state index contributed by atoms with van der Waals surface area (Å²) in [6.45, 7) is 2.17. The Morgan fingerprint density at radius 2 is 2.00 bits per heavy atom. The lowest BCUT2D eigenvalue weighted by Crippen LogP contribution is -1.88. The molecule has 1 rings (SSSR count). The van der Waals surface area contributed by atoms with E-state index in [2.05, 4.69) is 23.3 Å². The van der Waals surface area contributed by atoms with Gasteiger partial charge in [0.25, 0.3) is 0 Å². The highest BCUT2D eigenvalue weighted by molar-refractivity contribution is 7.94. The third-order valence-electron chi connectivity index (χ3n) is 1.61. The van der Waals surface area contributed by atoms with Crippen LogP contribution in [-0.4, -0.2) is 0 Å². The Balaban J connectivity index is 2.58. The van der Waals surface area contributed by atoms with E-state index in [4.69, 9.17) is 5.90 Å². The van der Waals surface area contributed by atoms with Gasteiger partial charge in [-0.3, -0.25) is 0 Å². The number of rotatable bonds is 4. The molecule has 2 nitrogen and oxygen atoms in total. The van der Waals surface area contributed by atoms with Gasteiger partial charge in [-0.05, 0) is 24.1 Å². The molecule has 12 heavy (non-hydrogen) atoms. The highest BCUT2D eigenvalue weighted by Gasteiger charge is 1.93. The van der Waals surface area contributed by atoms with Gasteiger partial charge >= 0.3 is 0 Å². The zero-order valence-electron chi connectivity index (χ0n) is 7.12. The zero-order valence-corrected chi connectivity index (χ0v) is 7.93. The Morgan fingerprint density at radius 3 is 2.50 bits per heavy atom. The van der Waals surface area contributed by atoms with Gasteiger partial charge in [-0.15, -0.1) is 0 Å². The van der Waals surface area contributed by atoms with Crippen molar-refractivity contribution >= 4 is 12.0 Å². The second kappa shape index (κ2) is 5.19. The first-order valence-corrected chi connectivity index (χ1v) is 4.73. The van der Waals surface area contributed by atoms with Crippen molar-refractivity contribution in [3.63, 3.8) is 0 Å². The summed E-state index contributed by atoms with van der Waals surface area (Å²) in [6.07, 6.45) is 2.31. The quantitative estimate of drug-likeness (QED) is 0.575. The Hall–Kier alpha value is -0.510. The second-order valence-corrected chi connectivity index (χ2v) is 3.40. The summed E-state index contributed by atoms with van der Waals surface area (Å²) in [5.41, 5.74) is 1.36. The van der Waals surface area contributed by atoms with Gasteiger partial charge in [-0.25, -0.2) is 10.2 Å². The minimum atomic E-state index is 1.04. The van der Waals surface area contributed by atoms with E-state index in [9.17, 15) is 0 Å². The molecule has 0 bridgehead atoms. The Labute approximate surface area is 77.3 Å². The molecule has 0 saturated carbocycles. The fraction of sp³-hybridized carbons (Fsp3) is 0.333. The fourth-order valence-electron chi connectivity index (χ4n) is 1.06. The molecule has 0 atom stereocenters. The molecule has 0 saturated heterocycles. The van der Waals surface area contributed by atoms with Crippen LogP contribution in [0.15, 0.2) is 29.2 Å². The van der Waals surface area contributed by atoms with E-state index in [1.165, 1.54) is 24.0 Å². The molecule has 0 aromatic heterocycles. The standard InChI is InChI=1S/C9H13NOS/c1-2-3-8-4-6-9(7-5-8)12-11-10/h4-7H,2-3,10H2,1H3. The minimum Gasteiger partial charge on any atom is -0.229 e. The molecule has 1 aromatic carbocycles. The number of benzene rings is 1. The van der Waals surface area contributed by atoms with Crippen molar-refractivity contribution in [2.75, 3.05) is 0 Å². The van der Waals surface area contributed by atoms with Crippen LogP contribution in [0.1, 0.15) is 18.9 Å². The number of hydrogen-bond donors (Lipinski definition) is 1. The normalized spacial score (nSPS) is 10.2. The maximum atomic E-state index is 4.92. The molecule has 0 heterocycles. The number of hydrogen-bond acceptors (Lipinski definition) is 3. The van der Waals surface area contributed by atoms with Gasteiger partial charge in [0.05, 0.1) is 12.0 Å². The number of nitrogens with two attached hydrogens (primary N) is 1. The molecule has 66 valence electrons. The smallest absolute Gasteiger partial charge is 0.0521 e. The molecule has 1 aromatic rings. The monoisotopic (exact) mass is 183 g/mol. The summed E-state index contributed by atoms with van der Waals surface area (Å²) < 4.78 is 4.44. The van der Waals surface area contributed by atoms with E-state index in [1.54, 1.807) is 0 Å². The SMILES string of the molecule is CCCc1ccc(SON)cc1. The van der Waals surface area contributed by atoms with Gasteiger partial charge in [0.15, 0.2) is 0 Å². The van der Waals surface area contributed by atoms with E-state index in [0.717, 1.165) is 11.3 Å². The van der Waals surface area contributed by atoms with Crippen LogP contribution in [0.4, 0.5) is 0 Å². The van der Waals surface area contributed by atoms with Crippen LogP contribution in [0.25, 0.3) is 0 Å². The average molecular weight is 183 g/mol. The zero-order chi connectivity index (χ0) is 8.81. The first kappa shape index (κ1) is 9.58. The summed E-state index contributed by atoms with van der Waals surface area (Å²) in [6, 6.07) is 8.24. The summed E-state index contributed by atoms with van der Waals surface area (Å²) >= 11 is 1.18. The lowest BCUT2D eigenvalue weighted by Gasteiger charge is -1.99. The fourth-order valence-corrected chi connectivity index (χ4v) is 1.41. The summed E-state index contributed by atoms with van der Waals surface area (Å²) in [5, 5.41) is 0. The molecule has 0 fully saturated rings. The third kappa shape index (κ3) is 2.85. The molecule has 0 aliphatic heterocycles. The second-order valence-electron chi connectivity index (χ2n) is 2.57. The molecule has 0 radical (unpaired) electrons. The predicted molar refractivity (Wildman–Crippen MR) is 51.6 cm³/mol. The van der Waals surface area contributed by atoms with Gasteiger partial charge in [0.2, 0.25) is 0 Å². The van der Waals surface area contributed by atoms with Crippen LogP contribution in [0, 0.1) is 0 Å². The van der Waals surface area contributed by atoms with Crippen LogP contribution < -0.4 is 5.90 Å². The predicted octanol–water partition coefficient (Wildman–Crippen LogP) is 2.54. The van der Waals surface area contributed by atoms with Gasteiger partial charge in [0.1, 0.15) is 0 Å². The molecular formula is C9H13NOS. The Bertz CT molecular complexity index is 197. The van der Waals surface area contributed by atoms with Crippen molar-refractivity contribution in [3.05, 3.63) is 29.8 Å². The van der Waals surface area contributed by atoms with Gasteiger partial charge in [0, 0.05) is 4.90 Å². The van der Waals surface area contributed by atoms with Crippen molar-refractivity contribution in [3.8, 4) is 0 Å². The van der Waals surface area contributed by atoms with Crippen LogP contribution in [0.3, 0.4) is 0 Å². The molecule has 0 amide bonds. The van der Waals surface area contributed by atoms with E-state index >= 15 is 0 Å². The van der Waals surface area contributed by atoms with E-state index in [0.29, 0.717) is 0 Å². The molecule has 2 N–H and O–H groups in total. The first-order valence-electron chi connectivity index (χ1n) is 3.99. The van der Waals surface area contributed by atoms with Gasteiger partial charge < -0.3 is 0 Å². The van der Waals surface area contributed by atoms with E-state index in [1.807, 2.05) is 12.1 Å². The maximum Gasteiger partial charge on any atom is 0.0521 e. The van der Waals surface area contributed by atoms with E-state index in [-0.39, 0.29) is 0 Å². The van der Waals surface area contributed by atoms with Crippen molar-refractivity contribution in [2.24, 2.45) is 5.90 Å². The highest BCUT2D eigenvalue weighted by atomic mass is 32.2. The molecular weight excluding hydrogens is 170 g/mol. The lowest BCUT2D eigenvalue weighted by atomic mass is 10.1. The molecule has 0 aliphatic rings. The van der Waals surface area contributed by atoms with Gasteiger partial charge in [-0.1, -0.05) is 25.5 Å². The summed E-state index contributed by atoms with van der Waals surface area (Å²) in [5.74, 6) is 4.92.